The molecule has 0 saturated heterocycles. The highest BCUT2D eigenvalue weighted by molar-refractivity contribution is 6.31. The SMILES string of the molecule is O=C(NC1CCC(O)CC1)C1CNCc2cccc(Cl)c21. The fraction of sp³-hybridized carbons (Fsp3) is 0.562. The van der Waals surface area contributed by atoms with Gasteiger partial charge in [0.25, 0.3) is 0 Å². The minimum absolute atomic E-state index is 0.0398. The molecule has 114 valence electrons. The van der Waals surface area contributed by atoms with Crippen molar-refractivity contribution in [2.45, 2.75) is 50.3 Å². The second-order valence-corrected chi connectivity index (χ2v) is 6.42. The zero-order valence-electron chi connectivity index (χ0n) is 11.9. The number of rotatable bonds is 2. The normalized spacial score (nSPS) is 28.8. The third kappa shape index (κ3) is 3.23. The molecule has 4 nitrogen and oxygen atoms in total. The predicted molar refractivity (Wildman–Crippen MR) is 82.3 cm³/mol. The average molecular weight is 309 g/mol. The van der Waals surface area contributed by atoms with Crippen LogP contribution < -0.4 is 10.6 Å². The summed E-state index contributed by atoms with van der Waals surface area (Å²) < 4.78 is 0. The maximum Gasteiger partial charge on any atom is 0.229 e. The summed E-state index contributed by atoms with van der Waals surface area (Å²) in [5.41, 5.74) is 2.07. The molecule has 1 heterocycles. The predicted octanol–water partition coefficient (Wildman–Crippen LogP) is 1.95. The van der Waals surface area contributed by atoms with Crippen LogP contribution in [0.5, 0.6) is 0 Å². The van der Waals surface area contributed by atoms with Crippen molar-refractivity contribution < 1.29 is 9.90 Å². The highest BCUT2D eigenvalue weighted by Gasteiger charge is 2.30. The Morgan fingerprint density at radius 3 is 2.81 bits per heavy atom. The van der Waals surface area contributed by atoms with Crippen LogP contribution in [0.4, 0.5) is 0 Å². The van der Waals surface area contributed by atoms with Gasteiger partial charge in [-0.05, 0) is 42.9 Å². The van der Waals surface area contributed by atoms with Crippen LogP contribution in [0.3, 0.4) is 0 Å². The number of carbonyl (C=O) groups is 1. The van der Waals surface area contributed by atoms with E-state index in [0.717, 1.165) is 43.4 Å². The molecule has 2 aliphatic rings. The topological polar surface area (TPSA) is 61.4 Å². The Labute approximate surface area is 129 Å². The number of aliphatic hydroxyl groups is 1. The Morgan fingerprint density at radius 2 is 2.05 bits per heavy atom. The Kier molecular flexibility index (Phi) is 4.48. The summed E-state index contributed by atoms with van der Waals surface area (Å²) in [6.45, 7) is 1.38. The maximum atomic E-state index is 12.6. The van der Waals surface area contributed by atoms with Gasteiger partial charge in [0.05, 0.1) is 12.0 Å². The van der Waals surface area contributed by atoms with E-state index < -0.39 is 0 Å². The van der Waals surface area contributed by atoms with E-state index in [0.29, 0.717) is 11.6 Å². The third-order valence-electron chi connectivity index (χ3n) is 4.52. The molecule has 1 aliphatic carbocycles. The number of aliphatic hydroxyl groups excluding tert-OH is 1. The van der Waals surface area contributed by atoms with Crippen molar-refractivity contribution in [2.24, 2.45) is 0 Å². The first-order chi connectivity index (χ1) is 10.1. The molecular formula is C16H21ClN2O2. The average Bonchev–Trinajstić information content (AvgIpc) is 2.49. The van der Waals surface area contributed by atoms with Crippen LogP contribution in [0.1, 0.15) is 42.7 Å². The monoisotopic (exact) mass is 308 g/mol. The molecule has 1 unspecified atom stereocenters. The molecule has 1 fully saturated rings. The first kappa shape index (κ1) is 14.8. The quantitative estimate of drug-likeness (QED) is 0.782. The van der Waals surface area contributed by atoms with Gasteiger partial charge in [0.1, 0.15) is 0 Å². The minimum atomic E-state index is -0.228. The highest BCUT2D eigenvalue weighted by atomic mass is 35.5. The summed E-state index contributed by atoms with van der Waals surface area (Å²) in [7, 11) is 0. The lowest BCUT2D eigenvalue weighted by atomic mass is 9.88. The number of carbonyl (C=O) groups excluding carboxylic acids is 1. The summed E-state index contributed by atoms with van der Waals surface area (Å²) >= 11 is 6.30. The molecule has 1 atom stereocenters. The van der Waals surface area contributed by atoms with Crippen molar-refractivity contribution in [3.8, 4) is 0 Å². The van der Waals surface area contributed by atoms with E-state index in [1.165, 1.54) is 0 Å². The zero-order valence-corrected chi connectivity index (χ0v) is 12.7. The summed E-state index contributed by atoms with van der Waals surface area (Å²) in [4.78, 5) is 12.6. The molecule has 5 heteroatoms. The molecular weight excluding hydrogens is 288 g/mol. The van der Waals surface area contributed by atoms with Crippen molar-refractivity contribution in [1.82, 2.24) is 10.6 Å². The van der Waals surface area contributed by atoms with E-state index in [9.17, 15) is 9.90 Å². The highest BCUT2D eigenvalue weighted by Crippen LogP contribution is 2.31. The molecule has 1 aliphatic heterocycles. The van der Waals surface area contributed by atoms with Gasteiger partial charge >= 0.3 is 0 Å². The number of fused-ring (bicyclic) bond motifs is 1. The molecule has 1 aromatic carbocycles. The maximum absolute atomic E-state index is 12.6. The van der Waals surface area contributed by atoms with Crippen molar-refractivity contribution in [1.29, 1.82) is 0 Å². The van der Waals surface area contributed by atoms with E-state index in [-0.39, 0.29) is 24.0 Å². The van der Waals surface area contributed by atoms with Crippen molar-refractivity contribution in [3.63, 3.8) is 0 Å². The number of amides is 1. The fourth-order valence-corrected chi connectivity index (χ4v) is 3.65. The second kappa shape index (κ2) is 6.34. The summed E-state index contributed by atoms with van der Waals surface area (Å²) in [6, 6.07) is 5.97. The number of benzene rings is 1. The van der Waals surface area contributed by atoms with Crippen molar-refractivity contribution in [2.75, 3.05) is 6.54 Å². The molecule has 3 rings (SSSR count). The number of hydrogen-bond donors (Lipinski definition) is 3. The Morgan fingerprint density at radius 1 is 1.29 bits per heavy atom. The van der Waals surface area contributed by atoms with E-state index in [2.05, 4.69) is 10.6 Å². The molecule has 1 saturated carbocycles. The first-order valence-corrected chi connectivity index (χ1v) is 7.99. The van der Waals surface area contributed by atoms with Gasteiger partial charge in [-0.1, -0.05) is 23.7 Å². The van der Waals surface area contributed by atoms with Crippen molar-refractivity contribution >= 4 is 17.5 Å². The molecule has 1 aromatic rings. The molecule has 0 bridgehead atoms. The molecule has 0 aromatic heterocycles. The van der Waals surface area contributed by atoms with Gasteiger partial charge in [-0.3, -0.25) is 4.79 Å². The summed E-state index contributed by atoms with van der Waals surface area (Å²) in [5.74, 6) is -0.188. The second-order valence-electron chi connectivity index (χ2n) is 6.01. The number of halogens is 1. The molecule has 3 N–H and O–H groups in total. The van der Waals surface area contributed by atoms with Crippen LogP contribution in [-0.2, 0) is 11.3 Å². The largest absolute Gasteiger partial charge is 0.393 e. The minimum Gasteiger partial charge on any atom is -0.393 e. The standard InChI is InChI=1S/C16H21ClN2O2/c17-14-3-1-2-10-8-18-9-13(15(10)14)16(21)19-11-4-6-12(20)7-5-11/h1-3,11-13,18,20H,4-9H2,(H,19,21). The van der Waals surface area contributed by atoms with Crippen LogP contribution in [-0.4, -0.2) is 29.7 Å². The van der Waals surface area contributed by atoms with Crippen LogP contribution in [0.25, 0.3) is 0 Å². The first-order valence-electron chi connectivity index (χ1n) is 7.61. The van der Waals surface area contributed by atoms with Gasteiger partial charge < -0.3 is 15.7 Å². The van der Waals surface area contributed by atoms with Crippen LogP contribution in [0.2, 0.25) is 5.02 Å². The van der Waals surface area contributed by atoms with Crippen LogP contribution >= 0.6 is 11.6 Å². The molecule has 1 amide bonds. The van der Waals surface area contributed by atoms with E-state index in [4.69, 9.17) is 11.6 Å². The van der Waals surface area contributed by atoms with Crippen molar-refractivity contribution in [3.05, 3.63) is 34.3 Å². The van der Waals surface area contributed by atoms with E-state index >= 15 is 0 Å². The smallest absolute Gasteiger partial charge is 0.229 e. The Balaban J connectivity index is 1.72. The van der Waals surface area contributed by atoms with Gasteiger partial charge in [-0.2, -0.15) is 0 Å². The van der Waals surface area contributed by atoms with Gasteiger partial charge in [0, 0.05) is 24.2 Å². The number of hydrogen-bond acceptors (Lipinski definition) is 3. The molecule has 0 radical (unpaired) electrons. The van der Waals surface area contributed by atoms with E-state index in [1.54, 1.807) is 0 Å². The van der Waals surface area contributed by atoms with E-state index in [1.807, 2.05) is 18.2 Å². The van der Waals surface area contributed by atoms with Gasteiger partial charge in [0.15, 0.2) is 0 Å². The lowest BCUT2D eigenvalue weighted by Crippen LogP contribution is -2.44. The lowest BCUT2D eigenvalue weighted by Gasteiger charge is -2.31. The van der Waals surface area contributed by atoms with Gasteiger partial charge in [-0.25, -0.2) is 0 Å². The van der Waals surface area contributed by atoms with Gasteiger partial charge in [0.2, 0.25) is 5.91 Å². The summed E-state index contributed by atoms with van der Waals surface area (Å²) in [5, 5.41) is 16.6. The van der Waals surface area contributed by atoms with Crippen LogP contribution in [0, 0.1) is 0 Å². The zero-order chi connectivity index (χ0) is 14.8. The molecule has 21 heavy (non-hydrogen) atoms. The fourth-order valence-electron chi connectivity index (χ4n) is 3.33. The summed E-state index contributed by atoms with van der Waals surface area (Å²) in [6.07, 6.45) is 3.03. The Hall–Kier alpha value is -1.10. The molecule has 0 spiro atoms. The third-order valence-corrected chi connectivity index (χ3v) is 4.84. The number of nitrogens with one attached hydrogen (secondary N) is 2. The Bertz CT molecular complexity index is 527. The van der Waals surface area contributed by atoms with Crippen LogP contribution in [0.15, 0.2) is 18.2 Å². The van der Waals surface area contributed by atoms with Gasteiger partial charge in [-0.15, -0.1) is 0 Å². The lowest BCUT2D eigenvalue weighted by molar-refractivity contribution is -0.123.